The number of carbonyl (C=O) groups is 1. The molecule has 0 aliphatic carbocycles. The van der Waals surface area contributed by atoms with Gasteiger partial charge in [0.05, 0.1) is 17.0 Å². The highest BCUT2D eigenvalue weighted by Crippen LogP contribution is 2.34. The van der Waals surface area contributed by atoms with Gasteiger partial charge in [-0.05, 0) is 64.9 Å². The molecule has 1 saturated heterocycles. The molecule has 3 aromatic rings. The molecule has 4 rings (SSSR count). The second-order valence-electron chi connectivity index (χ2n) is 7.69. The number of aliphatic imine (C=N–C) groups is 1. The number of pyridine rings is 1. The van der Waals surface area contributed by atoms with Crippen molar-refractivity contribution in [3.05, 3.63) is 98.7 Å². The number of alkyl halides is 3. The molecular weight excluding hydrogens is 511 g/mol. The van der Waals surface area contributed by atoms with Crippen LogP contribution in [-0.2, 0) is 24.1 Å². The normalized spacial score (nSPS) is 15.8. The first-order valence-electron chi connectivity index (χ1n) is 10.6. The fourth-order valence-electron chi connectivity index (χ4n) is 3.42. The highest BCUT2D eigenvalue weighted by Gasteiger charge is 2.33. The Balaban J connectivity index is 1.48. The van der Waals surface area contributed by atoms with E-state index in [2.05, 4.69) is 20.6 Å². The minimum atomic E-state index is -4.54. The van der Waals surface area contributed by atoms with Crippen molar-refractivity contribution >= 4 is 52.4 Å². The topological polar surface area (TPSA) is 90.2 Å². The Morgan fingerprint density at radius 1 is 1.19 bits per heavy atom. The van der Waals surface area contributed by atoms with Crippen LogP contribution in [0.2, 0.25) is 5.02 Å². The summed E-state index contributed by atoms with van der Waals surface area (Å²) in [4.78, 5) is 21.2. The predicted octanol–water partition coefficient (Wildman–Crippen LogP) is 6.12. The van der Waals surface area contributed by atoms with Gasteiger partial charge in [0, 0.05) is 41.4 Å². The second-order valence-corrected chi connectivity index (χ2v) is 9.16. The summed E-state index contributed by atoms with van der Waals surface area (Å²) in [6.45, 7) is 0.272. The number of nitrogens with zero attached hydrogens (tertiary/aromatic N) is 2. The van der Waals surface area contributed by atoms with Crippen LogP contribution in [0.5, 0.6) is 0 Å². The standard InChI is InChI=1S/C25H19ClF3N5OS/c26-19-5-4-17(20(10-19)25(27,28)29)14-32-21-6-3-15(8-18(21)11-30)9-22-23(35)34-24(36-22)33-13-16-2-1-7-31-12-16/h1-12,30,32H,13-14H2,(H,33,34,35)/b22-9-,30-11?. The molecule has 36 heavy (non-hydrogen) atoms. The van der Waals surface area contributed by atoms with Gasteiger partial charge in [0.15, 0.2) is 5.17 Å². The summed E-state index contributed by atoms with van der Waals surface area (Å²) in [5.41, 5.74) is 1.74. The lowest BCUT2D eigenvalue weighted by Crippen LogP contribution is -2.19. The molecular formula is C25H19ClF3N5OS. The molecule has 184 valence electrons. The molecule has 1 fully saturated rings. The molecule has 1 amide bonds. The third-order valence-corrected chi connectivity index (χ3v) is 6.34. The van der Waals surface area contributed by atoms with Crippen LogP contribution in [0.3, 0.4) is 0 Å². The summed E-state index contributed by atoms with van der Waals surface area (Å²) in [6.07, 6.45) is 1.60. The number of benzene rings is 2. The van der Waals surface area contributed by atoms with Crippen LogP contribution in [0.1, 0.15) is 27.8 Å². The van der Waals surface area contributed by atoms with E-state index >= 15 is 0 Å². The number of nitrogens with one attached hydrogen (secondary N) is 3. The van der Waals surface area contributed by atoms with Gasteiger partial charge in [-0.15, -0.1) is 0 Å². The Hall–Kier alpha value is -3.63. The summed E-state index contributed by atoms with van der Waals surface area (Å²) in [5, 5.41) is 13.9. The van der Waals surface area contributed by atoms with E-state index in [1.807, 2.05) is 12.1 Å². The molecule has 11 heteroatoms. The summed E-state index contributed by atoms with van der Waals surface area (Å²) in [5.74, 6) is -0.286. The van der Waals surface area contributed by atoms with Gasteiger partial charge in [-0.2, -0.15) is 13.2 Å². The van der Waals surface area contributed by atoms with Gasteiger partial charge in [0.25, 0.3) is 5.91 Å². The van der Waals surface area contributed by atoms with Crippen LogP contribution in [0.15, 0.2) is 70.8 Å². The van der Waals surface area contributed by atoms with E-state index in [-0.39, 0.29) is 23.0 Å². The number of aromatic nitrogens is 1. The molecule has 0 bridgehead atoms. The number of amides is 1. The zero-order chi connectivity index (χ0) is 25.7. The fraction of sp³-hybridized carbons (Fsp3) is 0.120. The number of hydrogen-bond donors (Lipinski definition) is 3. The van der Waals surface area contributed by atoms with Crippen LogP contribution in [-0.4, -0.2) is 22.3 Å². The Labute approximate surface area is 214 Å². The molecule has 2 aromatic carbocycles. The molecule has 3 N–H and O–H groups in total. The van der Waals surface area contributed by atoms with Gasteiger partial charge in [-0.1, -0.05) is 29.8 Å². The number of hydrogen-bond acceptors (Lipinski definition) is 6. The Bertz CT molecular complexity index is 1360. The van der Waals surface area contributed by atoms with E-state index < -0.39 is 11.7 Å². The Morgan fingerprint density at radius 3 is 2.75 bits per heavy atom. The number of anilines is 1. The summed E-state index contributed by atoms with van der Waals surface area (Å²) >= 11 is 6.95. The van der Waals surface area contributed by atoms with Crippen LogP contribution in [0, 0.1) is 5.41 Å². The van der Waals surface area contributed by atoms with E-state index in [1.54, 1.807) is 36.7 Å². The van der Waals surface area contributed by atoms with Crippen molar-refractivity contribution in [3.8, 4) is 0 Å². The van der Waals surface area contributed by atoms with Crippen molar-refractivity contribution < 1.29 is 18.0 Å². The third kappa shape index (κ3) is 6.32. The summed E-state index contributed by atoms with van der Waals surface area (Å²) < 4.78 is 40.1. The largest absolute Gasteiger partial charge is 0.416 e. The first kappa shape index (κ1) is 25.5. The van der Waals surface area contributed by atoms with Crippen LogP contribution >= 0.6 is 23.4 Å². The smallest absolute Gasteiger partial charge is 0.380 e. The molecule has 6 nitrogen and oxygen atoms in total. The lowest BCUT2D eigenvalue weighted by atomic mass is 10.1. The van der Waals surface area contributed by atoms with Gasteiger partial charge >= 0.3 is 6.18 Å². The first-order chi connectivity index (χ1) is 17.2. The average Bonchev–Trinajstić information content (AvgIpc) is 3.21. The highest BCUT2D eigenvalue weighted by molar-refractivity contribution is 8.18. The van der Waals surface area contributed by atoms with Crippen molar-refractivity contribution in [1.82, 2.24) is 10.3 Å². The molecule has 1 aliphatic rings. The Kier molecular flexibility index (Phi) is 7.76. The molecule has 0 unspecified atom stereocenters. The van der Waals surface area contributed by atoms with Crippen molar-refractivity contribution in [1.29, 1.82) is 5.41 Å². The zero-order valence-electron chi connectivity index (χ0n) is 18.6. The molecule has 0 radical (unpaired) electrons. The summed E-state index contributed by atoms with van der Waals surface area (Å²) in [6, 6.07) is 12.4. The fourth-order valence-corrected chi connectivity index (χ4v) is 4.41. The van der Waals surface area contributed by atoms with Gasteiger partial charge in [0.2, 0.25) is 0 Å². The SMILES string of the molecule is N=Cc1cc(/C=C2\SC(=NCc3cccnc3)NC2=O)ccc1NCc1ccc(Cl)cc1C(F)(F)F. The van der Waals surface area contributed by atoms with Crippen LogP contribution in [0.25, 0.3) is 6.08 Å². The van der Waals surface area contributed by atoms with E-state index in [0.717, 1.165) is 17.8 Å². The molecule has 0 spiro atoms. The predicted molar refractivity (Wildman–Crippen MR) is 137 cm³/mol. The molecule has 0 saturated carbocycles. The van der Waals surface area contributed by atoms with E-state index in [9.17, 15) is 18.0 Å². The van der Waals surface area contributed by atoms with Gasteiger partial charge in [0.1, 0.15) is 0 Å². The van der Waals surface area contributed by atoms with Gasteiger partial charge in [-0.25, -0.2) is 0 Å². The molecule has 1 aliphatic heterocycles. The van der Waals surface area contributed by atoms with Gasteiger partial charge < -0.3 is 16.0 Å². The van der Waals surface area contributed by atoms with E-state index in [0.29, 0.717) is 33.4 Å². The minimum Gasteiger partial charge on any atom is -0.380 e. The van der Waals surface area contributed by atoms with Crippen LogP contribution < -0.4 is 10.6 Å². The lowest BCUT2D eigenvalue weighted by molar-refractivity contribution is -0.138. The number of amidine groups is 1. The number of thioether (sulfide) groups is 1. The Morgan fingerprint density at radius 2 is 2.03 bits per heavy atom. The highest BCUT2D eigenvalue weighted by atomic mass is 35.5. The monoisotopic (exact) mass is 529 g/mol. The van der Waals surface area contributed by atoms with E-state index in [1.165, 1.54) is 23.9 Å². The lowest BCUT2D eigenvalue weighted by Gasteiger charge is -2.15. The van der Waals surface area contributed by atoms with Crippen molar-refractivity contribution in [3.63, 3.8) is 0 Å². The van der Waals surface area contributed by atoms with Crippen LogP contribution in [0.4, 0.5) is 18.9 Å². The number of rotatable bonds is 7. The molecule has 1 aromatic heterocycles. The summed E-state index contributed by atoms with van der Waals surface area (Å²) in [7, 11) is 0. The first-order valence-corrected chi connectivity index (χ1v) is 11.8. The van der Waals surface area contributed by atoms with Crippen molar-refractivity contribution in [2.75, 3.05) is 5.32 Å². The molecule has 0 atom stereocenters. The third-order valence-electron chi connectivity index (χ3n) is 5.15. The number of halogens is 4. The minimum absolute atomic E-state index is 0.00254. The zero-order valence-corrected chi connectivity index (χ0v) is 20.1. The quantitative estimate of drug-likeness (QED) is 0.254. The van der Waals surface area contributed by atoms with E-state index in [4.69, 9.17) is 17.0 Å². The maximum Gasteiger partial charge on any atom is 0.416 e. The maximum absolute atomic E-state index is 13.4. The second kappa shape index (κ2) is 11.0. The maximum atomic E-state index is 13.4. The number of carbonyl (C=O) groups excluding carboxylic acids is 1. The van der Waals surface area contributed by atoms with Gasteiger partial charge in [-0.3, -0.25) is 14.8 Å². The molecule has 2 heterocycles. The van der Waals surface area contributed by atoms with Crippen molar-refractivity contribution in [2.45, 2.75) is 19.3 Å². The van der Waals surface area contributed by atoms with Crippen molar-refractivity contribution in [2.24, 2.45) is 4.99 Å². The average molecular weight is 530 g/mol.